The minimum atomic E-state index is 1.22. The van der Waals surface area contributed by atoms with Crippen LogP contribution in [0.5, 0.6) is 0 Å². The summed E-state index contributed by atoms with van der Waals surface area (Å²) in [7, 11) is 0. The second-order valence-corrected chi connectivity index (χ2v) is 21.0. The third-order valence-electron chi connectivity index (χ3n) is 14.2. The molecule has 0 radical (unpaired) electrons. The summed E-state index contributed by atoms with van der Waals surface area (Å²) in [5.41, 5.74) is 12.7. The maximum atomic E-state index is 4.14. The Hall–Kier alpha value is -7.66. The Morgan fingerprint density at radius 3 is 1.38 bits per heavy atom. The number of hydrogen-bond acceptors (Lipinski definition) is 3. The lowest BCUT2D eigenvalue weighted by atomic mass is 9.82. The molecule has 0 aliphatic rings. The minimum absolute atomic E-state index is 1.22. The van der Waals surface area contributed by atoms with Gasteiger partial charge in [-0.2, -0.15) is 0 Å². The highest BCUT2D eigenvalue weighted by atomic mass is 32.1. The highest BCUT2D eigenvalue weighted by Crippen LogP contribution is 2.52. The Labute approximate surface area is 405 Å². The number of fused-ring (bicyclic) bond motifs is 12. The number of thiophene rings is 3. The zero-order valence-electron chi connectivity index (χ0n) is 37.1. The Morgan fingerprint density at radius 1 is 0.353 bits per heavy atom. The third-order valence-corrected chi connectivity index (χ3v) is 17.8. The Kier molecular flexibility index (Phi) is 8.97. The summed E-state index contributed by atoms with van der Waals surface area (Å²) in [5, 5.41) is 15.4. The maximum absolute atomic E-state index is 4.14. The molecular weight excluding hydrogens is 877 g/mol. The standard InChI is InChI=1S/C65H40S3/c1-3-4-18-40-38(2)59(52-30-15-27-49-41-19-11-13-32-55(41)67-64(49)52)43-21-5-8-24-46(43)61(40)51-29-17-34-58-63(51)54-37-39(35-36-57(54)66-58)60-44-22-6-9-25-47(44)62(48-26-10-7-23-45(48)60)53-31-16-28-50-42-20-12-14-33-56(42)68-65(50)53/h3-37H,1H2,2H3/b18-4-. The predicted molar refractivity (Wildman–Crippen MR) is 303 cm³/mol. The molecule has 0 aliphatic heterocycles. The van der Waals surface area contributed by atoms with Gasteiger partial charge in [0.25, 0.3) is 0 Å². The minimum Gasteiger partial charge on any atom is -0.135 e. The van der Waals surface area contributed by atoms with Gasteiger partial charge in [0.1, 0.15) is 0 Å². The number of benzene rings is 11. The molecule has 318 valence electrons. The van der Waals surface area contributed by atoms with Crippen molar-refractivity contribution in [3.8, 4) is 44.5 Å². The molecular formula is C65H40S3. The smallest absolute Gasteiger partial charge is 0.0434 e. The lowest BCUT2D eigenvalue weighted by Gasteiger charge is -2.21. The normalized spacial score (nSPS) is 12.2. The average Bonchev–Trinajstić information content (AvgIpc) is 4.09. The Balaban J connectivity index is 1.03. The third kappa shape index (κ3) is 5.77. The second kappa shape index (κ2) is 15.4. The molecule has 0 bridgehead atoms. The van der Waals surface area contributed by atoms with Gasteiger partial charge in [-0.05, 0) is 114 Å². The van der Waals surface area contributed by atoms with Crippen LogP contribution in [0.25, 0.3) is 143 Å². The maximum Gasteiger partial charge on any atom is 0.0434 e. The van der Waals surface area contributed by atoms with Crippen LogP contribution in [0, 0.1) is 6.92 Å². The van der Waals surface area contributed by atoms with E-state index in [0.717, 1.165) is 0 Å². The highest BCUT2D eigenvalue weighted by Gasteiger charge is 2.24. The molecule has 0 aliphatic carbocycles. The molecule has 11 aromatic carbocycles. The molecule has 0 spiro atoms. The molecule has 0 saturated heterocycles. The van der Waals surface area contributed by atoms with Crippen molar-refractivity contribution in [2.24, 2.45) is 0 Å². The van der Waals surface area contributed by atoms with Gasteiger partial charge in [-0.15, -0.1) is 34.0 Å². The van der Waals surface area contributed by atoms with Gasteiger partial charge in [0, 0.05) is 71.6 Å². The summed E-state index contributed by atoms with van der Waals surface area (Å²) in [4.78, 5) is 0. The van der Waals surface area contributed by atoms with Gasteiger partial charge in [0.15, 0.2) is 0 Å². The van der Waals surface area contributed by atoms with Crippen LogP contribution < -0.4 is 0 Å². The molecule has 0 unspecified atom stereocenters. The summed E-state index contributed by atoms with van der Waals surface area (Å²) >= 11 is 5.69. The first-order valence-corrected chi connectivity index (χ1v) is 25.6. The van der Waals surface area contributed by atoms with Gasteiger partial charge in [-0.1, -0.05) is 189 Å². The fourth-order valence-electron chi connectivity index (χ4n) is 11.4. The van der Waals surface area contributed by atoms with Gasteiger partial charge in [0.2, 0.25) is 0 Å². The lowest BCUT2D eigenvalue weighted by molar-refractivity contribution is 1.47. The molecule has 68 heavy (non-hydrogen) atoms. The topological polar surface area (TPSA) is 0 Å². The van der Waals surface area contributed by atoms with Crippen LogP contribution in [0.4, 0.5) is 0 Å². The highest BCUT2D eigenvalue weighted by molar-refractivity contribution is 7.27. The van der Waals surface area contributed by atoms with Crippen LogP contribution in [-0.2, 0) is 0 Å². The number of hydrogen-bond donors (Lipinski definition) is 0. The van der Waals surface area contributed by atoms with Crippen LogP contribution in [0.15, 0.2) is 213 Å². The van der Waals surface area contributed by atoms with Crippen molar-refractivity contribution >= 4 is 133 Å². The van der Waals surface area contributed by atoms with Gasteiger partial charge >= 0.3 is 0 Å². The van der Waals surface area contributed by atoms with Crippen LogP contribution in [0.3, 0.4) is 0 Å². The van der Waals surface area contributed by atoms with Crippen LogP contribution in [0.2, 0.25) is 0 Å². The van der Waals surface area contributed by atoms with E-state index in [4.69, 9.17) is 0 Å². The van der Waals surface area contributed by atoms with Crippen LogP contribution in [0.1, 0.15) is 11.1 Å². The molecule has 0 fully saturated rings. The van der Waals surface area contributed by atoms with Gasteiger partial charge in [-0.3, -0.25) is 0 Å². The van der Waals surface area contributed by atoms with E-state index in [2.05, 4.69) is 220 Å². The molecule has 3 heterocycles. The zero-order valence-corrected chi connectivity index (χ0v) is 39.6. The van der Waals surface area contributed by atoms with Gasteiger partial charge < -0.3 is 0 Å². The lowest BCUT2D eigenvalue weighted by Crippen LogP contribution is -1.96. The van der Waals surface area contributed by atoms with E-state index in [-0.39, 0.29) is 0 Å². The molecule has 0 amide bonds. The van der Waals surface area contributed by atoms with E-state index in [9.17, 15) is 0 Å². The molecule has 0 nitrogen and oxygen atoms in total. The Morgan fingerprint density at radius 2 is 0.794 bits per heavy atom. The van der Waals surface area contributed by atoms with Gasteiger partial charge in [0.05, 0.1) is 0 Å². The van der Waals surface area contributed by atoms with Crippen molar-refractivity contribution in [3.05, 3.63) is 224 Å². The quantitative estimate of drug-likeness (QED) is 0.115. The van der Waals surface area contributed by atoms with E-state index in [1.165, 1.54) is 148 Å². The first-order chi connectivity index (χ1) is 33.6. The monoisotopic (exact) mass is 916 g/mol. The van der Waals surface area contributed by atoms with Crippen molar-refractivity contribution in [1.82, 2.24) is 0 Å². The zero-order chi connectivity index (χ0) is 45.0. The van der Waals surface area contributed by atoms with Crippen molar-refractivity contribution in [2.45, 2.75) is 6.92 Å². The van der Waals surface area contributed by atoms with E-state index in [1.807, 2.05) is 40.1 Å². The summed E-state index contributed by atoms with van der Waals surface area (Å²) in [6, 6.07) is 72.7. The molecule has 3 heteroatoms. The molecule has 14 aromatic rings. The molecule has 3 aromatic heterocycles. The molecule has 0 saturated carbocycles. The number of rotatable bonds is 6. The van der Waals surface area contributed by atoms with Crippen molar-refractivity contribution in [1.29, 1.82) is 0 Å². The van der Waals surface area contributed by atoms with Gasteiger partial charge in [-0.25, -0.2) is 0 Å². The van der Waals surface area contributed by atoms with Crippen molar-refractivity contribution in [3.63, 3.8) is 0 Å². The first kappa shape index (κ1) is 39.5. The fraction of sp³-hybridized carbons (Fsp3) is 0.0154. The molecule has 0 N–H and O–H groups in total. The van der Waals surface area contributed by atoms with Crippen LogP contribution in [-0.4, -0.2) is 0 Å². The van der Waals surface area contributed by atoms with E-state index < -0.39 is 0 Å². The predicted octanol–water partition coefficient (Wildman–Crippen LogP) is 20.4. The largest absolute Gasteiger partial charge is 0.135 e. The SMILES string of the molecule is C=C/C=C\c1c(C)c(-c2cccc3c2sc2ccccc23)c2ccccc2c1-c1cccc2sc3ccc(-c4c5ccccc5c(-c5cccc6c5sc5ccccc56)c5ccccc45)cc3c12. The van der Waals surface area contributed by atoms with Crippen molar-refractivity contribution in [2.75, 3.05) is 0 Å². The second-order valence-electron chi connectivity index (χ2n) is 17.8. The van der Waals surface area contributed by atoms with Crippen LogP contribution >= 0.6 is 34.0 Å². The summed E-state index contributed by atoms with van der Waals surface area (Å²) < 4.78 is 7.88. The molecule has 0 atom stereocenters. The Bertz CT molecular complexity index is 4420. The van der Waals surface area contributed by atoms with E-state index in [0.29, 0.717) is 0 Å². The fourth-order valence-corrected chi connectivity index (χ4v) is 15.0. The first-order valence-electron chi connectivity index (χ1n) is 23.2. The number of allylic oxidation sites excluding steroid dienone is 2. The van der Waals surface area contributed by atoms with E-state index >= 15 is 0 Å². The molecule has 14 rings (SSSR count). The summed E-state index contributed by atoms with van der Waals surface area (Å²) in [6.07, 6.45) is 6.30. The summed E-state index contributed by atoms with van der Waals surface area (Å²) in [6.45, 7) is 6.47. The average molecular weight is 917 g/mol. The van der Waals surface area contributed by atoms with Crippen molar-refractivity contribution < 1.29 is 0 Å². The van der Waals surface area contributed by atoms with E-state index in [1.54, 1.807) is 0 Å². The summed E-state index contributed by atoms with van der Waals surface area (Å²) in [5.74, 6) is 0.